The Kier molecular flexibility index (Phi) is 3.53. The zero-order valence-corrected chi connectivity index (χ0v) is 8.97. The lowest BCUT2D eigenvalue weighted by molar-refractivity contribution is -0.122. The number of aromatic nitrogens is 2. The Bertz CT molecular complexity index is 339. The zero-order chi connectivity index (χ0) is 11.4. The first-order chi connectivity index (χ1) is 7.75. The second-order valence-corrected chi connectivity index (χ2v) is 3.99. The van der Waals surface area contributed by atoms with Crippen LogP contribution in [0.1, 0.15) is 0 Å². The molecule has 2 atom stereocenters. The van der Waals surface area contributed by atoms with Gasteiger partial charge in [0.05, 0.1) is 6.10 Å². The third-order valence-corrected chi connectivity index (χ3v) is 2.73. The van der Waals surface area contributed by atoms with Gasteiger partial charge < -0.3 is 15.7 Å². The lowest BCUT2D eigenvalue weighted by atomic mass is 10.1. The van der Waals surface area contributed by atoms with Crippen LogP contribution < -0.4 is 10.6 Å². The van der Waals surface area contributed by atoms with Crippen LogP contribution in [0.25, 0.3) is 0 Å². The molecule has 1 aromatic rings. The van der Waals surface area contributed by atoms with Gasteiger partial charge in [0.1, 0.15) is 6.54 Å². The van der Waals surface area contributed by atoms with Gasteiger partial charge in [0, 0.05) is 37.9 Å². The second-order valence-electron chi connectivity index (χ2n) is 3.99. The SMILES string of the molecule is O=C(Cn1cccn1)NCC1CNCC1O. The van der Waals surface area contributed by atoms with Gasteiger partial charge in [-0.2, -0.15) is 5.10 Å². The number of nitrogens with one attached hydrogen (secondary N) is 2. The van der Waals surface area contributed by atoms with Crippen LogP contribution in [-0.4, -0.2) is 46.5 Å². The van der Waals surface area contributed by atoms with E-state index in [1.807, 2.05) is 0 Å². The number of rotatable bonds is 4. The molecule has 6 nitrogen and oxygen atoms in total. The van der Waals surface area contributed by atoms with Crippen LogP contribution in [0, 0.1) is 5.92 Å². The van der Waals surface area contributed by atoms with Crippen LogP contribution in [-0.2, 0) is 11.3 Å². The number of nitrogens with zero attached hydrogens (tertiary/aromatic N) is 2. The van der Waals surface area contributed by atoms with Crippen LogP contribution >= 0.6 is 0 Å². The highest BCUT2D eigenvalue weighted by molar-refractivity contribution is 5.75. The normalized spacial score (nSPS) is 24.6. The molecular formula is C10H16N4O2. The van der Waals surface area contributed by atoms with Crippen molar-refractivity contribution >= 4 is 5.91 Å². The highest BCUT2D eigenvalue weighted by Crippen LogP contribution is 2.06. The summed E-state index contributed by atoms with van der Waals surface area (Å²) < 4.78 is 1.57. The summed E-state index contributed by atoms with van der Waals surface area (Å²) in [6.45, 7) is 2.10. The van der Waals surface area contributed by atoms with E-state index in [1.165, 1.54) is 0 Å². The number of hydrogen-bond acceptors (Lipinski definition) is 4. The summed E-state index contributed by atoms with van der Waals surface area (Å²) in [5.41, 5.74) is 0. The van der Waals surface area contributed by atoms with E-state index >= 15 is 0 Å². The molecule has 2 unspecified atom stereocenters. The van der Waals surface area contributed by atoms with Crippen molar-refractivity contribution in [1.82, 2.24) is 20.4 Å². The molecule has 1 aliphatic heterocycles. The molecule has 16 heavy (non-hydrogen) atoms. The van der Waals surface area contributed by atoms with Gasteiger partial charge in [0.2, 0.25) is 5.91 Å². The maximum atomic E-state index is 11.5. The number of amides is 1. The number of hydrogen-bond donors (Lipinski definition) is 3. The topological polar surface area (TPSA) is 79.2 Å². The highest BCUT2D eigenvalue weighted by Gasteiger charge is 2.24. The molecule has 0 spiro atoms. The largest absolute Gasteiger partial charge is 0.391 e. The molecule has 6 heteroatoms. The molecule has 1 aliphatic rings. The second kappa shape index (κ2) is 5.09. The lowest BCUT2D eigenvalue weighted by Gasteiger charge is -2.13. The van der Waals surface area contributed by atoms with Crippen molar-refractivity contribution in [3.63, 3.8) is 0 Å². The van der Waals surface area contributed by atoms with Gasteiger partial charge >= 0.3 is 0 Å². The number of aliphatic hydroxyl groups is 1. The highest BCUT2D eigenvalue weighted by atomic mass is 16.3. The first kappa shape index (κ1) is 11.1. The maximum absolute atomic E-state index is 11.5. The van der Waals surface area contributed by atoms with Crippen LogP contribution in [0.4, 0.5) is 0 Å². The quantitative estimate of drug-likeness (QED) is 0.586. The van der Waals surface area contributed by atoms with E-state index in [0.29, 0.717) is 13.1 Å². The van der Waals surface area contributed by atoms with Crippen molar-refractivity contribution in [2.45, 2.75) is 12.6 Å². The first-order valence-electron chi connectivity index (χ1n) is 5.38. The van der Waals surface area contributed by atoms with Gasteiger partial charge in [-0.05, 0) is 6.07 Å². The van der Waals surface area contributed by atoms with E-state index < -0.39 is 0 Å². The van der Waals surface area contributed by atoms with Crippen molar-refractivity contribution in [2.75, 3.05) is 19.6 Å². The molecule has 1 aromatic heterocycles. The van der Waals surface area contributed by atoms with Crippen molar-refractivity contribution in [1.29, 1.82) is 0 Å². The minimum Gasteiger partial charge on any atom is -0.391 e. The fourth-order valence-corrected chi connectivity index (χ4v) is 1.77. The summed E-state index contributed by atoms with van der Waals surface area (Å²) in [6.07, 6.45) is 3.02. The maximum Gasteiger partial charge on any atom is 0.241 e. The van der Waals surface area contributed by atoms with Gasteiger partial charge in [-0.3, -0.25) is 9.48 Å². The molecule has 0 radical (unpaired) electrons. The minimum absolute atomic E-state index is 0.0807. The standard InChI is InChI=1S/C10H16N4O2/c15-9-6-11-4-8(9)5-12-10(16)7-14-3-1-2-13-14/h1-3,8-9,11,15H,4-7H2,(H,12,16). The molecule has 3 N–H and O–H groups in total. The Hall–Kier alpha value is -1.40. The monoisotopic (exact) mass is 224 g/mol. The summed E-state index contributed by atoms with van der Waals surface area (Å²) in [5.74, 6) is 0.0318. The van der Waals surface area contributed by atoms with Crippen molar-refractivity contribution in [3.05, 3.63) is 18.5 Å². The summed E-state index contributed by atoms with van der Waals surface area (Å²) >= 11 is 0. The molecule has 0 bridgehead atoms. The minimum atomic E-state index is -0.356. The van der Waals surface area contributed by atoms with Gasteiger partial charge in [0.25, 0.3) is 0 Å². The fraction of sp³-hybridized carbons (Fsp3) is 0.600. The average Bonchev–Trinajstić information content (AvgIpc) is 2.87. The number of aliphatic hydroxyl groups excluding tert-OH is 1. The molecule has 1 saturated heterocycles. The summed E-state index contributed by atoms with van der Waals surface area (Å²) in [6, 6.07) is 1.78. The van der Waals surface area contributed by atoms with E-state index in [1.54, 1.807) is 23.1 Å². The molecule has 1 fully saturated rings. The van der Waals surface area contributed by atoms with Gasteiger partial charge in [-0.15, -0.1) is 0 Å². The predicted octanol–water partition coefficient (Wildman–Crippen LogP) is -1.42. The van der Waals surface area contributed by atoms with Crippen LogP contribution in [0.5, 0.6) is 0 Å². The molecule has 2 heterocycles. The van der Waals surface area contributed by atoms with E-state index in [4.69, 9.17) is 0 Å². The fourth-order valence-electron chi connectivity index (χ4n) is 1.77. The van der Waals surface area contributed by atoms with Crippen LogP contribution in [0.15, 0.2) is 18.5 Å². The Morgan fingerprint density at radius 1 is 1.62 bits per heavy atom. The van der Waals surface area contributed by atoms with Crippen molar-refractivity contribution < 1.29 is 9.90 Å². The molecule has 0 saturated carbocycles. The lowest BCUT2D eigenvalue weighted by Crippen LogP contribution is -2.36. The molecule has 1 amide bonds. The molecule has 2 rings (SSSR count). The Morgan fingerprint density at radius 2 is 2.50 bits per heavy atom. The molecule has 0 aromatic carbocycles. The van der Waals surface area contributed by atoms with E-state index in [0.717, 1.165) is 6.54 Å². The number of carbonyl (C=O) groups is 1. The third kappa shape index (κ3) is 2.80. The first-order valence-corrected chi connectivity index (χ1v) is 5.38. The van der Waals surface area contributed by atoms with E-state index in [-0.39, 0.29) is 24.5 Å². The van der Waals surface area contributed by atoms with Crippen LogP contribution in [0.3, 0.4) is 0 Å². The molecule has 0 aliphatic carbocycles. The van der Waals surface area contributed by atoms with Gasteiger partial charge in [-0.25, -0.2) is 0 Å². The van der Waals surface area contributed by atoms with Crippen molar-refractivity contribution in [3.8, 4) is 0 Å². The Labute approximate surface area is 93.6 Å². The summed E-state index contributed by atoms with van der Waals surface area (Å²) in [4.78, 5) is 11.5. The summed E-state index contributed by atoms with van der Waals surface area (Å²) in [7, 11) is 0. The average molecular weight is 224 g/mol. The van der Waals surface area contributed by atoms with E-state index in [9.17, 15) is 9.90 Å². The third-order valence-electron chi connectivity index (χ3n) is 2.73. The number of β-amino-alcohol motifs (C(OH)–C–C–N with tert-alkyl or cyclic N) is 1. The molecular weight excluding hydrogens is 208 g/mol. The Morgan fingerprint density at radius 3 is 3.12 bits per heavy atom. The predicted molar refractivity (Wildman–Crippen MR) is 57.6 cm³/mol. The Balaban J connectivity index is 1.71. The van der Waals surface area contributed by atoms with E-state index in [2.05, 4.69) is 15.7 Å². The van der Waals surface area contributed by atoms with Crippen LogP contribution in [0.2, 0.25) is 0 Å². The zero-order valence-electron chi connectivity index (χ0n) is 8.97. The molecule has 88 valence electrons. The summed E-state index contributed by atoms with van der Waals surface area (Å²) in [5, 5.41) is 19.3. The van der Waals surface area contributed by atoms with Gasteiger partial charge in [-0.1, -0.05) is 0 Å². The number of carbonyl (C=O) groups excluding carboxylic acids is 1. The smallest absolute Gasteiger partial charge is 0.241 e. The van der Waals surface area contributed by atoms with Gasteiger partial charge in [0.15, 0.2) is 0 Å². The van der Waals surface area contributed by atoms with Crippen molar-refractivity contribution in [2.24, 2.45) is 5.92 Å².